The minimum absolute atomic E-state index is 0.0541. The number of hydrogen-bond acceptors (Lipinski definition) is 3. The molecule has 30 heavy (non-hydrogen) atoms. The molecule has 1 atom stereocenters. The molecule has 3 rings (SSSR count). The average Bonchev–Trinajstić information content (AvgIpc) is 2.66. The van der Waals surface area contributed by atoms with E-state index in [1.54, 1.807) is 24.5 Å². The Hall–Kier alpha value is -2.26. The molecule has 0 bridgehead atoms. The van der Waals surface area contributed by atoms with Gasteiger partial charge in [0, 0.05) is 24.1 Å². The Morgan fingerprint density at radius 2 is 1.70 bits per heavy atom. The minimum atomic E-state index is -1.61. The first kappa shape index (κ1) is 22.4. The topological polar surface area (TPSA) is 62.3 Å². The third-order valence-electron chi connectivity index (χ3n) is 5.69. The Morgan fingerprint density at radius 1 is 1.07 bits per heavy atom. The molecule has 1 fully saturated rings. The normalized spacial score (nSPS) is 19.6. The zero-order valence-corrected chi connectivity index (χ0v) is 20.9. The number of pyridine rings is 1. The van der Waals surface area contributed by atoms with Gasteiger partial charge in [-0.25, -0.2) is 0 Å². The van der Waals surface area contributed by atoms with E-state index in [0.29, 0.717) is 23.8 Å². The van der Waals surface area contributed by atoms with Crippen molar-refractivity contribution in [3.8, 4) is 0 Å². The smallest absolute Gasteiger partial charge is 0.253 e. The molecule has 160 valence electrons. The monoisotopic (exact) mass is 439 g/mol. The summed E-state index contributed by atoms with van der Waals surface area (Å²) < 4.78 is 0. The third-order valence-corrected chi connectivity index (χ3v) is 14.8. The lowest BCUT2D eigenvalue weighted by molar-refractivity contribution is -0.152. The van der Waals surface area contributed by atoms with Crippen molar-refractivity contribution in [2.45, 2.75) is 56.5 Å². The largest absolute Gasteiger partial charge is 0.341 e. The standard InChI is InChI=1S/C23H33N3O2Si2/c1-29(2,3)22(30(4,5)6)26-17-23(21(26)28,15-18-11-8-7-9-12-18)25-20(27)19-13-10-14-24-16-19/h7-14,16,22H,15,17H2,1-6H3,(H,25,27)/t23-/m1/s1. The number of hydrogen-bond donors (Lipinski definition) is 1. The van der Waals surface area contributed by atoms with Gasteiger partial charge in [0.15, 0.2) is 0 Å². The van der Waals surface area contributed by atoms with Gasteiger partial charge in [-0.2, -0.15) is 0 Å². The zero-order chi connectivity index (χ0) is 22.2. The van der Waals surface area contributed by atoms with E-state index in [1.165, 1.54) is 0 Å². The molecule has 0 unspecified atom stereocenters. The average molecular weight is 440 g/mol. The predicted molar refractivity (Wildman–Crippen MR) is 127 cm³/mol. The van der Waals surface area contributed by atoms with Crippen LogP contribution in [0.15, 0.2) is 54.9 Å². The quantitative estimate of drug-likeness (QED) is 0.528. The van der Waals surface area contributed by atoms with Gasteiger partial charge in [0.2, 0.25) is 5.91 Å². The number of β-lactam (4-membered cyclic amide) rings is 1. The SMILES string of the molecule is C[Si](C)(C)C(N1C[C@@](Cc2ccccc2)(NC(=O)c2cccnc2)C1=O)[Si](C)(C)C. The summed E-state index contributed by atoms with van der Waals surface area (Å²) in [7, 11) is -3.22. The number of nitrogens with one attached hydrogen (secondary N) is 1. The molecule has 1 N–H and O–H groups in total. The summed E-state index contributed by atoms with van der Waals surface area (Å²) in [4.78, 5) is 32.8. The van der Waals surface area contributed by atoms with Gasteiger partial charge < -0.3 is 10.2 Å². The molecule has 1 aromatic heterocycles. The van der Waals surface area contributed by atoms with E-state index in [4.69, 9.17) is 0 Å². The first-order valence-corrected chi connectivity index (χ1v) is 17.7. The Morgan fingerprint density at radius 3 is 2.20 bits per heavy atom. The second-order valence-corrected chi connectivity index (χ2v) is 21.6. The minimum Gasteiger partial charge on any atom is -0.341 e. The van der Waals surface area contributed by atoms with Crippen LogP contribution >= 0.6 is 0 Å². The van der Waals surface area contributed by atoms with Crippen LogP contribution in [0.5, 0.6) is 0 Å². The van der Waals surface area contributed by atoms with Crippen LogP contribution in [0.2, 0.25) is 39.3 Å². The Balaban J connectivity index is 1.92. The van der Waals surface area contributed by atoms with E-state index in [1.807, 2.05) is 30.3 Å². The molecule has 2 heterocycles. The van der Waals surface area contributed by atoms with Crippen molar-refractivity contribution in [2.75, 3.05) is 6.54 Å². The fraction of sp³-hybridized carbons (Fsp3) is 0.435. The number of amides is 2. The van der Waals surface area contributed by atoms with Crippen molar-refractivity contribution in [3.05, 3.63) is 66.0 Å². The maximum absolute atomic E-state index is 13.7. The van der Waals surface area contributed by atoms with E-state index in [2.05, 4.69) is 54.5 Å². The highest BCUT2D eigenvalue weighted by atomic mass is 28.4. The molecule has 1 aliphatic heterocycles. The van der Waals surface area contributed by atoms with E-state index in [-0.39, 0.29) is 11.8 Å². The summed E-state index contributed by atoms with van der Waals surface area (Å²) in [6.45, 7) is 14.6. The Labute approximate surface area is 181 Å². The van der Waals surface area contributed by atoms with Crippen molar-refractivity contribution in [2.24, 2.45) is 0 Å². The van der Waals surface area contributed by atoms with Gasteiger partial charge in [-0.05, 0) is 17.7 Å². The van der Waals surface area contributed by atoms with Crippen LogP contribution in [0.4, 0.5) is 0 Å². The van der Waals surface area contributed by atoms with Crippen LogP contribution in [0.25, 0.3) is 0 Å². The molecule has 2 aromatic rings. The van der Waals surface area contributed by atoms with E-state index < -0.39 is 21.7 Å². The van der Waals surface area contributed by atoms with Crippen molar-refractivity contribution >= 4 is 28.0 Å². The lowest BCUT2D eigenvalue weighted by Gasteiger charge is -2.57. The van der Waals surface area contributed by atoms with Crippen molar-refractivity contribution in [1.29, 1.82) is 0 Å². The number of carbonyl (C=O) groups excluding carboxylic acids is 2. The summed E-state index contributed by atoms with van der Waals surface area (Å²) in [6.07, 6.45) is 3.68. The summed E-state index contributed by atoms with van der Waals surface area (Å²) in [5.41, 5.74) is 0.629. The van der Waals surface area contributed by atoms with Gasteiger partial charge in [0.05, 0.1) is 28.3 Å². The van der Waals surface area contributed by atoms with E-state index >= 15 is 0 Å². The number of rotatable bonds is 7. The summed E-state index contributed by atoms with van der Waals surface area (Å²) in [5.74, 6) is -0.192. The van der Waals surface area contributed by atoms with Crippen LogP contribution in [-0.4, -0.2) is 55.2 Å². The molecule has 5 nitrogen and oxygen atoms in total. The van der Waals surface area contributed by atoms with Crippen LogP contribution in [0.1, 0.15) is 15.9 Å². The van der Waals surface area contributed by atoms with Gasteiger partial charge in [-0.1, -0.05) is 69.6 Å². The van der Waals surface area contributed by atoms with E-state index in [0.717, 1.165) is 5.56 Å². The third kappa shape index (κ3) is 4.57. The first-order chi connectivity index (χ1) is 13.9. The predicted octanol–water partition coefficient (Wildman–Crippen LogP) is 3.76. The highest BCUT2D eigenvalue weighted by Gasteiger charge is 2.59. The molecule has 2 amide bonds. The summed E-state index contributed by atoms with van der Waals surface area (Å²) in [5, 5.41) is 3.42. The number of benzene rings is 1. The summed E-state index contributed by atoms with van der Waals surface area (Å²) >= 11 is 0. The van der Waals surface area contributed by atoms with Crippen molar-refractivity contribution in [1.82, 2.24) is 15.2 Å². The van der Waals surface area contributed by atoms with Crippen molar-refractivity contribution < 1.29 is 9.59 Å². The molecular formula is C23H33N3O2Si2. The van der Waals surface area contributed by atoms with Gasteiger partial charge in [0.25, 0.3) is 5.91 Å². The molecule has 1 aliphatic rings. The van der Waals surface area contributed by atoms with Crippen LogP contribution in [-0.2, 0) is 11.2 Å². The second kappa shape index (κ2) is 8.11. The summed E-state index contributed by atoms with van der Waals surface area (Å²) in [6, 6.07) is 13.4. The maximum atomic E-state index is 13.7. The van der Waals surface area contributed by atoms with Gasteiger partial charge >= 0.3 is 0 Å². The Kier molecular flexibility index (Phi) is 6.06. The molecule has 0 spiro atoms. The highest BCUT2D eigenvalue weighted by Crippen LogP contribution is 2.36. The lowest BCUT2D eigenvalue weighted by atomic mass is 9.82. The Bertz CT molecular complexity index is 894. The lowest BCUT2D eigenvalue weighted by Crippen LogP contribution is -2.81. The number of nitrogens with zero attached hydrogens (tertiary/aromatic N) is 2. The molecule has 1 aromatic carbocycles. The van der Waals surface area contributed by atoms with Gasteiger partial charge in [0.1, 0.15) is 5.54 Å². The molecule has 7 heteroatoms. The van der Waals surface area contributed by atoms with Crippen LogP contribution in [0.3, 0.4) is 0 Å². The maximum Gasteiger partial charge on any atom is 0.253 e. The van der Waals surface area contributed by atoms with Gasteiger partial charge in [-0.15, -0.1) is 0 Å². The fourth-order valence-corrected chi connectivity index (χ4v) is 17.7. The van der Waals surface area contributed by atoms with Crippen LogP contribution in [0, 0.1) is 0 Å². The van der Waals surface area contributed by atoms with E-state index in [9.17, 15) is 9.59 Å². The highest BCUT2D eigenvalue weighted by molar-refractivity contribution is 6.96. The number of likely N-dealkylation sites (tertiary alicyclic amines) is 1. The second-order valence-electron chi connectivity index (χ2n) is 10.5. The molecule has 0 radical (unpaired) electrons. The molecule has 0 saturated carbocycles. The van der Waals surface area contributed by atoms with Gasteiger partial charge in [-0.3, -0.25) is 14.6 Å². The molecule has 0 aliphatic carbocycles. The molecule has 1 saturated heterocycles. The van der Waals surface area contributed by atoms with Crippen LogP contribution < -0.4 is 5.32 Å². The first-order valence-electron chi connectivity index (χ1n) is 10.5. The fourth-order valence-electron chi connectivity index (χ4n) is 5.06. The number of aromatic nitrogens is 1. The molecular weight excluding hydrogens is 406 g/mol. The number of carbonyl (C=O) groups is 2. The van der Waals surface area contributed by atoms with Crippen molar-refractivity contribution in [3.63, 3.8) is 0 Å². The zero-order valence-electron chi connectivity index (χ0n) is 18.9.